The van der Waals surface area contributed by atoms with Crippen LogP contribution in [-0.2, 0) is 4.79 Å². The summed E-state index contributed by atoms with van der Waals surface area (Å²) in [5, 5.41) is 28.0. The first-order chi connectivity index (χ1) is 10.5. The van der Waals surface area contributed by atoms with Crippen LogP contribution in [-0.4, -0.2) is 27.1 Å². The highest BCUT2D eigenvalue weighted by atomic mass is 16.5. The Bertz CT molecular complexity index is 297. The highest BCUT2D eigenvalue weighted by Gasteiger charge is 2.17. The van der Waals surface area contributed by atoms with E-state index in [1.54, 1.807) is 0 Å². The molecule has 0 saturated carbocycles. The maximum absolute atomic E-state index is 10.3. The van der Waals surface area contributed by atoms with Crippen LogP contribution in [0.3, 0.4) is 0 Å². The number of rotatable bonds is 15. The molecule has 0 unspecified atom stereocenters. The minimum absolute atomic E-state index is 0.288. The minimum atomic E-state index is -1.64. The zero-order chi connectivity index (χ0) is 16.7. The molecule has 22 heavy (non-hydrogen) atoms. The van der Waals surface area contributed by atoms with Gasteiger partial charge in [-0.3, -0.25) is 4.79 Å². The number of allylic oxidation sites excluding steroid dienone is 1. The molecule has 0 aromatic heterocycles. The van der Waals surface area contributed by atoms with Crippen LogP contribution in [0.5, 0.6) is 0 Å². The summed E-state index contributed by atoms with van der Waals surface area (Å²) >= 11 is 0. The molecule has 0 fully saturated rings. The van der Waals surface area contributed by atoms with Crippen LogP contribution in [0.1, 0.15) is 90.4 Å². The lowest BCUT2D eigenvalue weighted by Gasteiger charge is -2.17. The summed E-state index contributed by atoms with van der Waals surface area (Å²) in [5.74, 6) is -2.34. The Morgan fingerprint density at radius 1 is 0.909 bits per heavy atom. The molecular formula is C18H34O4. The zero-order valence-corrected chi connectivity index (χ0v) is 14.1. The Balaban J connectivity index is 3.34. The first-order valence-electron chi connectivity index (χ1n) is 8.82. The molecule has 0 aliphatic rings. The van der Waals surface area contributed by atoms with Crippen molar-refractivity contribution in [1.29, 1.82) is 0 Å². The first kappa shape index (κ1) is 21.1. The van der Waals surface area contributed by atoms with Crippen molar-refractivity contribution in [2.45, 2.75) is 96.2 Å². The van der Waals surface area contributed by atoms with Crippen molar-refractivity contribution >= 4 is 5.97 Å². The normalized spacial score (nSPS) is 12.1. The molecule has 0 bridgehead atoms. The number of carboxylic acids is 1. The van der Waals surface area contributed by atoms with Crippen molar-refractivity contribution in [2.75, 3.05) is 0 Å². The SMILES string of the molecule is CCC/C=C/C(O)(O)CCCCCCCCCCCC(=O)O. The van der Waals surface area contributed by atoms with E-state index in [9.17, 15) is 15.0 Å². The van der Waals surface area contributed by atoms with Crippen LogP contribution < -0.4 is 0 Å². The van der Waals surface area contributed by atoms with Gasteiger partial charge in [0.05, 0.1) is 0 Å². The van der Waals surface area contributed by atoms with Crippen molar-refractivity contribution in [1.82, 2.24) is 0 Å². The van der Waals surface area contributed by atoms with E-state index < -0.39 is 11.8 Å². The Kier molecular flexibility index (Phi) is 13.2. The molecule has 0 radical (unpaired) electrons. The zero-order valence-electron chi connectivity index (χ0n) is 14.1. The summed E-state index contributed by atoms with van der Waals surface area (Å²) in [5.41, 5.74) is 0. The fraction of sp³-hybridized carbons (Fsp3) is 0.833. The van der Waals surface area contributed by atoms with Crippen molar-refractivity contribution in [3.05, 3.63) is 12.2 Å². The largest absolute Gasteiger partial charge is 0.481 e. The van der Waals surface area contributed by atoms with Gasteiger partial charge in [-0.2, -0.15) is 0 Å². The minimum Gasteiger partial charge on any atom is -0.481 e. The summed E-state index contributed by atoms with van der Waals surface area (Å²) in [6.45, 7) is 2.06. The molecule has 0 spiro atoms. The average molecular weight is 314 g/mol. The molecule has 4 heteroatoms. The number of unbranched alkanes of at least 4 members (excludes halogenated alkanes) is 9. The smallest absolute Gasteiger partial charge is 0.303 e. The van der Waals surface area contributed by atoms with Crippen LogP contribution >= 0.6 is 0 Å². The number of hydrogen-bond acceptors (Lipinski definition) is 3. The molecule has 3 N–H and O–H groups in total. The van der Waals surface area contributed by atoms with E-state index in [2.05, 4.69) is 6.92 Å². The molecule has 0 aromatic carbocycles. The second-order valence-corrected chi connectivity index (χ2v) is 6.15. The molecule has 0 rings (SSSR count). The van der Waals surface area contributed by atoms with Gasteiger partial charge in [-0.1, -0.05) is 64.4 Å². The van der Waals surface area contributed by atoms with Gasteiger partial charge in [0.1, 0.15) is 0 Å². The van der Waals surface area contributed by atoms with Crippen LogP contribution in [0.4, 0.5) is 0 Å². The van der Waals surface area contributed by atoms with E-state index in [1.807, 2.05) is 6.08 Å². The Labute approximate surface area is 135 Å². The van der Waals surface area contributed by atoms with Crippen LogP contribution in [0, 0.1) is 0 Å². The van der Waals surface area contributed by atoms with Gasteiger partial charge in [0.25, 0.3) is 0 Å². The number of aliphatic hydroxyl groups is 2. The third-order valence-corrected chi connectivity index (χ3v) is 3.78. The third-order valence-electron chi connectivity index (χ3n) is 3.78. The Hall–Kier alpha value is -0.870. The average Bonchev–Trinajstić information content (AvgIpc) is 2.44. The molecule has 0 aliphatic heterocycles. The van der Waals surface area contributed by atoms with Crippen molar-refractivity contribution in [3.8, 4) is 0 Å². The first-order valence-corrected chi connectivity index (χ1v) is 8.82. The van der Waals surface area contributed by atoms with Gasteiger partial charge in [0.2, 0.25) is 0 Å². The van der Waals surface area contributed by atoms with E-state index in [1.165, 1.54) is 25.3 Å². The van der Waals surface area contributed by atoms with Gasteiger partial charge in [-0.05, 0) is 25.3 Å². The molecule has 0 aromatic rings. The summed E-state index contributed by atoms with van der Waals surface area (Å²) in [6.07, 6.45) is 15.4. The molecule has 0 amide bonds. The van der Waals surface area contributed by atoms with E-state index in [0.717, 1.165) is 51.4 Å². The number of carboxylic acid groups (broad SMARTS) is 1. The number of hydrogen-bond donors (Lipinski definition) is 3. The van der Waals surface area contributed by atoms with Crippen LogP contribution in [0.2, 0.25) is 0 Å². The van der Waals surface area contributed by atoms with E-state index in [0.29, 0.717) is 6.42 Å². The van der Waals surface area contributed by atoms with E-state index in [4.69, 9.17) is 5.11 Å². The van der Waals surface area contributed by atoms with Crippen molar-refractivity contribution < 1.29 is 20.1 Å². The predicted molar refractivity (Wildman–Crippen MR) is 89.6 cm³/mol. The summed E-state index contributed by atoms with van der Waals surface area (Å²) in [7, 11) is 0. The fourth-order valence-corrected chi connectivity index (χ4v) is 2.42. The molecular weight excluding hydrogens is 280 g/mol. The molecule has 4 nitrogen and oxygen atoms in total. The number of aliphatic carboxylic acids is 1. The standard InChI is InChI=1S/C18H34O4/c1-2-3-12-15-18(21,22)16-13-10-8-6-4-5-7-9-11-14-17(19)20/h12,15,21-22H,2-11,13-14,16H2,1H3,(H,19,20)/b15-12+. The second-order valence-electron chi connectivity index (χ2n) is 6.15. The molecule has 0 atom stereocenters. The summed E-state index contributed by atoms with van der Waals surface area (Å²) in [4.78, 5) is 10.3. The van der Waals surface area contributed by atoms with Crippen LogP contribution in [0.15, 0.2) is 12.2 Å². The quantitative estimate of drug-likeness (QED) is 0.238. The topological polar surface area (TPSA) is 77.8 Å². The van der Waals surface area contributed by atoms with E-state index in [-0.39, 0.29) is 6.42 Å². The summed E-state index contributed by atoms with van der Waals surface area (Å²) in [6, 6.07) is 0. The van der Waals surface area contributed by atoms with Gasteiger partial charge in [0, 0.05) is 12.8 Å². The predicted octanol–water partition coefficient (Wildman–Crippen LogP) is 4.40. The molecule has 0 saturated heterocycles. The van der Waals surface area contributed by atoms with Gasteiger partial charge >= 0.3 is 5.97 Å². The van der Waals surface area contributed by atoms with Crippen molar-refractivity contribution in [2.24, 2.45) is 0 Å². The highest BCUT2D eigenvalue weighted by Crippen LogP contribution is 2.16. The Morgan fingerprint density at radius 2 is 1.41 bits per heavy atom. The second kappa shape index (κ2) is 13.8. The van der Waals surface area contributed by atoms with Crippen molar-refractivity contribution in [3.63, 3.8) is 0 Å². The van der Waals surface area contributed by atoms with Gasteiger partial charge in [0.15, 0.2) is 5.79 Å². The Morgan fingerprint density at radius 3 is 1.91 bits per heavy atom. The lowest BCUT2D eigenvalue weighted by Crippen LogP contribution is -2.24. The van der Waals surface area contributed by atoms with Gasteiger partial charge in [-0.25, -0.2) is 0 Å². The number of carbonyl (C=O) groups is 1. The van der Waals surface area contributed by atoms with Gasteiger partial charge in [-0.15, -0.1) is 0 Å². The van der Waals surface area contributed by atoms with E-state index >= 15 is 0 Å². The fourth-order valence-electron chi connectivity index (χ4n) is 2.42. The molecule has 130 valence electrons. The maximum Gasteiger partial charge on any atom is 0.303 e. The maximum atomic E-state index is 10.3. The summed E-state index contributed by atoms with van der Waals surface area (Å²) < 4.78 is 0. The van der Waals surface area contributed by atoms with Gasteiger partial charge < -0.3 is 15.3 Å². The molecule has 0 heterocycles. The molecule has 0 aliphatic carbocycles. The lowest BCUT2D eigenvalue weighted by molar-refractivity contribution is -0.137. The third kappa shape index (κ3) is 15.5. The van der Waals surface area contributed by atoms with Crippen LogP contribution in [0.25, 0.3) is 0 Å². The highest BCUT2D eigenvalue weighted by molar-refractivity contribution is 5.66. The monoisotopic (exact) mass is 314 g/mol. The lowest BCUT2D eigenvalue weighted by atomic mass is 10.0.